The highest BCUT2D eigenvalue weighted by Gasteiger charge is 2.30. The molecular formula is C25H23FN2O4S. The molecule has 6 nitrogen and oxygen atoms in total. The number of rotatable bonds is 7. The number of sulfone groups is 1. The molecule has 33 heavy (non-hydrogen) atoms. The third kappa shape index (κ3) is 5.53. The van der Waals surface area contributed by atoms with Crippen LogP contribution in [0.3, 0.4) is 0 Å². The number of carbonyl (C=O) groups is 1. The van der Waals surface area contributed by atoms with Crippen molar-refractivity contribution in [1.29, 1.82) is 0 Å². The van der Waals surface area contributed by atoms with Crippen molar-refractivity contribution in [3.8, 4) is 11.1 Å². The Labute approximate surface area is 191 Å². The van der Waals surface area contributed by atoms with Crippen molar-refractivity contribution in [2.45, 2.75) is 25.6 Å². The Balaban J connectivity index is 1.59. The average Bonchev–Trinajstić information content (AvgIpc) is 3.18. The lowest BCUT2D eigenvalue weighted by Crippen LogP contribution is -2.41. The number of carbonyl (C=O) groups excluding carboxylic acids is 1. The van der Waals surface area contributed by atoms with Gasteiger partial charge in [-0.25, -0.2) is 12.8 Å². The maximum absolute atomic E-state index is 13.3. The molecule has 1 aliphatic heterocycles. The van der Waals surface area contributed by atoms with Gasteiger partial charge in [-0.05, 0) is 64.2 Å². The van der Waals surface area contributed by atoms with Crippen LogP contribution in [-0.2, 0) is 34.2 Å². The number of aliphatic hydroxyl groups is 1. The molecule has 0 bridgehead atoms. The molecule has 0 radical (unpaired) electrons. The molecule has 0 fully saturated rings. The molecule has 2 heterocycles. The fraction of sp³-hybridized carbons (Fsp3) is 0.200. The largest absolute Gasteiger partial charge is 0.392 e. The number of amides is 1. The summed E-state index contributed by atoms with van der Waals surface area (Å²) in [5, 5.41) is 11.1. The first kappa shape index (κ1) is 22.8. The van der Waals surface area contributed by atoms with E-state index in [0.717, 1.165) is 22.1 Å². The zero-order valence-electron chi connectivity index (χ0n) is 17.8. The highest BCUT2D eigenvalue weighted by Crippen LogP contribution is 2.25. The monoisotopic (exact) mass is 466 g/mol. The summed E-state index contributed by atoms with van der Waals surface area (Å²) in [4.78, 5) is 18.9. The number of aliphatic hydroxyl groups excluding tert-OH is 1. The van der Waals surface area contributed by atoms with Gasteiger partial charge in [0.25, 0.3) is 0 Å². The number of halogens is 1. The van der Waals surface area contributed by atoms with Crippen molar-refractivity contribution in [1.82, 2.24) is 9.88 Å². The zero-order chi connectivity index (χ0) is 23.4. The molecule has 1 aromatic heterocycles. The summed E-state index contributed by atoms with van der Waals surface area (Å²) < 4.78 is 37.2. The van der Waals surface area contributed by atoms with E-state index >= 15 is 0 Å². The summed E-state index contributed by atoms with van der Waals surface area (Å²) in [6.07, 6.45) is 4.79. The van der Waals surface area contributed by atoms with Crippen molar-refractivity contribution in [3.05, 3.63) is 101 Å². The standard InChI is InChI=1S/C25H23FN2O4S/c26-23-5-3-19(4-6-23)20-1-2-21(22(13-20)16-29)14-25(30)28(15-18-7-10-27-11-8-18)24-9-12-33(31,32)17-24/h1-13,24,29H,14-17H2. The molecule has 1 atom stereocenters. The Morgan fingerprint density at radius 2 is 1.73 bits per heavy atom. The van der Waals surface area contributed by atoms with Crippen LogP contribution in [0, 0.1) is 5.82 Å². The van der Waals surface area contributed by atoms with Gasteiger partial charge < -0.3 is 10.0 Å². The second-order valence-corrected chi connectivity index (χ2v) is 9.86. The second-order valence-electron chi connectivity index (χ2n) is 7.93. The van der Waals surface area contributed by atoms with Crippen LogP contribution in [0.2, 0.25) is 0 Å². The van der Waals surface area contributed by atoms with Gasteiger partial charge in [0.15, 0.2) is 9.84 Å². The van der Waals surface area contributed by atoms with Crippen molar-refractivity contribution in [2.75, 3.05) is 5.75 Å². The third-order valence-corrected chi connectivity index (χ3v) is 7.01. The zero-order valence-corrected chi connectivity index (χ0v) is 18.6. The van der Waals surface area contributed by atoms with Gasteiger partial charge in [0.05, 0.1) is 24.8 Å². The molecule has 1 N–H and O–H groups in total. The number of hydrogen-bond acceptors (Lipinski definition) is 5. The van der Waals surface area contributed by atoms with Gasteiger partial charge in [-0.1, -0.05) is 24.3 Å². The predicted octanol–water partition coefficient (Wildman–Crippen LogP) is 3.26. The number of aromatic nitrogens is 1. The maximum atomic E-state index is 13.3. The van der Waals surface area contributed by atoms with Gasteiger partial charge in [0.1, 0.15) is 5.82 Å². The van der Waals surface area contributed by atoms with E-state index in [1.807, 2.05) is 6.07 Å². The molecule has 3 aromatic rings. The Kier molecular flexibility index (Phi) is 6.67. The first-order valence-corrected chi connectivity index (χ1v) is 12.1. The summed E-state index contributed by atoms with van der Waals surface area (Å²) in [6.45, 7) is -0.0201. The molecule has 2 aromatic carbocycles. The molecule has 0 aliphatic carbocycles. The SMILES string of the molecule is O=C(Cc1ccc(-c2ccc(F)cc2)cc1CO)N(Cc1ccncc1)C1C=CS(=O)(=O)C1. The Morgan fingerprint density at radius 1 is 1.03 bits per heavy atom. The van der Waals surface area contributed by atoms with Crippen LogP contribution in [0.4, 0.5) is 4.39 Å². The van der Waals surface area contributed by atoms with Crippen molar-refractivity contribution in [3.63, 3.8) is 0 Å². The van der Waals surface area contributed by atoms with Gasteiger partial charge in [0.2, 0.25) is 5.91 Å². The molecule has 4 rings (SSSR count). The smallest absolute Gasteiger partial charge is 0.227 e. The molecule has 0 saturated carbocycles. The number of benzene rings is 2. The Hall–Kier alpha value is -3.36. The van der Waals surface area contributed by atoms with E-state index in [2.05, 4.69) is 4.98 Å². The minimum atomic E-state index is -3.34. The maximum Gasteiger partial charge on any atom is 0.227 e. The van der Waals surface area contributed by atoms with E-state index in [9.17, 15) is 22.7 Å². The van der Waals surface area contributed by atoms with Crippen molar-refractivity contribution >= 4 is 15.7 Å². The molecule has 0 spiro atoms. The van der Waals surface area contributed by atoms with E-state index < -0.39 is 15.9 Å². The van der Waals surface area contributed by atoms with E-state index in [4.69, 9.17) is 0 Å². The minimum absolute atomic E-state index is 0.00899. The lowest BCUT2D eigenvalue weighted by Gasteiger charge is -2.28. The summed E-state index contributed by atoms with van der Waals surface area (Å²) in [7, 11) is -3.34. The lowest BCUT2D eigenvalue weighted by atomic mass is 9.97. The molecule has 0 saturated heterocycles. The van der Waals surface area contributed by atoms with Crippen LogP contribution in [0.5, 0.6) is 0 Å². The van der Waals surface area contributed by atoms with E-state index in [-0.39, 0.29) is 37.0 Å². The van der Waals surface area contributed by atoms with Gasteiger partial charge in [0, 0.05) is 24.3 Å². The summed E-state index contributed by atoms with van der Waals surface area (Å²) >= 11 is 0. The van der Waals surface area contributed by atoms with E-state index in [1.54, 1.807) is 59.8 Å². The van der Waals surface area contributed by atoms with Gasteiger partial charge in [-0.2, -0.15) is 0 Å². The topological polar surface area (TPSA) is 87.6 Å². The number of pyridine rings is 1. The first-order valence-electron chi connectivity index (χ1n) is 10.4. The molecule has 1 aliphatic rings. The van der Waals surface area contributed by atoms with Crippen LogP contribution in [-0.4, -0.2) is 41.1 Å². The minimum Gasteiger partial charge on any atom is -0.392 e. The van der Waals surface area contributed by atoms with Crippen molar-refractivity contribution < 1.29 is 22.7 Å². The van der Waals surface area contributed by atoms with Crippen LogP contribution in [0.25, 0.3) is 11.1 Å². The fourth-order valence-electron chi connectivity index (χ4n) is 3.86. The Morgan fingerprint density at radius 3 is 2.36 bits per heavy atom. The van der Waals surface area contributed by atoms with Crippen LogP contribution < -0.4 is 0 Å². The molecular weight excluding hydrogens is 443 g/mol. The van der Waals surface area contributed by atoms with Crippen LogP contribution in [0.15, 0.2) is 78.5 Å². The van der Waals surface area contributed by atoms with E-state index in [0.29, 0.717) is 11.1 Å². The van der Waals surface area contributed by atoms with Crippen molar-refractivity contribution in [2.24, 2.45) is 0 Å². The van der Waals surface area contributed by atoms with Gasteiger partial charge >= 0.3 is 0 Å². The average molecular weight is 467 g/mol. The summed E-state index contributed by atoms with van der Waals surface area (Å²) in [5.74, 6) is -0.733. The van der Waals surface area contributed by atoms with Crippen LogP contribution in [0.1, 0.15) is 16.7 Å². The van der Waals surface area contributed by atoms with Crippen LogP contribution >= 0.6 is 0 Å². The molecule has 170 valence electrons. The Bertz CT molecular complexity index is 1280. The van der Waals surface area contributed by atoms with Gasteiger partial charge in [-0.3, -0.25) is 9.78 Å². The molecule has 1 unspecified atom stereocenters. The molecule has 1 amide bonds. The highest BCUT2D eigenvalue weighted by molar-refractivity contribution is 7.94. The quantitative estimate of drug-likeness (QED) is 0.578. The van der Waals surface area contributed by atoms with E-state index in [1.165, 1.54) is 12.1 Å². The summed E-state index contributed by atoms with van der Waals surface area (Å²) in [5.41, 5.74) is 3.67. The fourth-order valence-corrected chi connectivity index (χ4v) is 5.16. The van der Waals surface area contributed by atoms with Gasteiger partial charge in [-0.15, -0.1) is 0 Å². The lowest BCUT2D eigenvalue weighted by molar-refractivity contribution is -0.132. The normalized spacial score (nSPS) is 16.6. The highest BCUT2D eigenvalue weighted by atomic mass is 32.2. The summed E-state index contributed by atoms with van der Waals surface area (Å²) in [6, 6.07) is 14.4. The third-order valence-electron chi connectivity index (χ3n) is 5.63. The number of hydrogen-bond donors (Lipinski definition) is 1. The second kappa shape index (κ2) is 9.64. The first-order chi connectivity index (χ1) is 15.8. The molecule has 8 heteroatoms. The predicted molar refractivity (Wildman–Crippen MR) is 123 cm³/mol. The number of nitrogens with zero attached hydrogens (tertiary/aromatic N) is 2.